The van der Waals surface area contributed by atoms with Crippen molar-refractivity contribution in [1.82, 2.24) is 9.71 Å². The quantitative estimate of drug-likeness (QED) is 0.419. The second-order valence-corrected chi connectivity index (χ2v) is 8.59. The molecule has 0 aliphatic carbocycles. The van der Waals surface area contributed by atoms with Crippen molar-refractivity contribution in [3.05, 3.63) is 93.2 Å². The molecule has 0 saturated carbocycles. The number of hydrogen-bond donors (Lipinski definition) is 2. The average molecular weight is 426 g/mol. The molecule has 2 aromatic carbocycles. The van der Waals surface area contributed by atoms with Gasteiger partial charge in [0.2, 0.25) is 15.8 Å². The number of pyridine rings is 1. The first-order valence-electron chi connectivity index (χ1n) is 9.25. The van der Waals surface area contributed by atoms with Crippen molar-refractivity contribution in [2.45, 2.75) is 31.8 Å². The van der Waals surface area contributed by atoms with E-state index in [9.17, 15) is 18.5 Å². The van der Waals surface area contributed by atoms with Crippen molar-refractivity contribution in [2.75, 3.05) is 5.32 Å². The van der Waals surface area contributed by atoms with Crippen LogP contribution in [-0.2, 0) is 23.1 Å². The van der Waals surface area contributed by atoms with Crippen molar-refractivity contribution in [1.29, 1.82) is 0 Å². The highest BCUT2D eigenvalue weighted by Crippen LogP contribution is 2.26. The minimum Gasteiger partial charge on any atom is -0.360 e. The molecule has 0 spiro atoms. The number of aromatic nitrogens is 1. The van der Waals surface area contributed by atoms with Crippen molar-refractivity contribution in [2.24, 2.45) is 0 Å². The Balaban J connectivity index is 1.80. The van der Waals surface area contributed by atoms with E-state index in [1.165, 1.54) is 0 Å². The molecule has 3 aromatic rings. The van der Waals surface area contributed by atoms with Gasteiger partial charge in [0.05, 0.1) is 4.92 Å². The number of nitro groups is 1. The summed E-state index contributed by atoms with van der Waals surface area (Å²) in [5, 5.41) is 14.4. The molecule has 0 aliphatic rings. The standard InChI is InChI=1S/C21H22N4O4S/c1-15-7-3-5-9-17(15)12-22-21-20(25(26)27)11-19(14-23-21)30(28,29)24-13-18-10-6-4-8-16(18)2/h3-11,14,24H,12-13H2,1-2H3,(H,22,23). The summed E-state index contributed by atoms with van der Waals surface area (Å²) in [7, 11) is -3.97. The summed E-state index contributed by atoms with van der Waals surface area (Å²) in [6.45, 7) is 4.23. The second kappa shape index (κ2) is 9.02. The third-order valence-electron chi connectivity index (χ3n) is 4.77. The Labute approximate surface area is 175 Å². The van der Waals surface area contributed by atoms with Gasteiger partial charge in [0.1, 0.15) is 4.90 Å². The fourth-order valence-electron chi connectivity index (χ4n) is 2.91. The van der Waals surface area contributed by atoms with Crippen LogP contribution in [0.1, 0.15) is 22.3 Å². The topological polar surface area (TPSA) is 114 Å². The molecule has 0 amide bonds. The highest BCUT2D eigenvalue weighted by Gasteiger charge is 2.23. The van der Waals surface area contributed by atoms with Crippen LogP contribution in [0.2, 0.25) is 0 Å². The fourth-order valence-corrected chi connectivity index (χ4v) is 3.88. The molecule has 1 aromatic heterocycles. The Bertz CT molecular complexity index is 1180. The van der Waals surface area contributed by atoms with E-state index in [2.05, 4.69) is 15.0 Å². The normalized spacial score (nSPS) is 11.3. The summed E-state index contributed by atoms with van der Waals surface area (Å²) < 4.78 is 27.7. The highest BCUT2D eigenvalue weighted by molar-refractivity contribution is 7.89. The number of hydrogen-bond acceptors (Lipinski definition) is 6. The van der Waals surface area contributed by atoms with Crippen LogP contribution in [-0.4, -0.2) is 18.3 Å². The first-order valence-corrected chi connectivity index (χ1v) is 10.7. The zero-order valence-electron chi connectivity index (χ0n) is 16.6. The van der Waals surface area contributed by atoms with Crippen molar-refractivity contribution in [3.63, 3.8) is 0 Å². The molecule has 0 radical (unpaired) electrons. The van der Waals surface area contributed by atoms with E-state index in [1.54, 1.807) is 0 Å². The number of rotatable bonds is 8. The molecular formula is C21H22N4O4S. The minimum absolute atomic E-state index is 0.0149. The third-order valence-corrected chi connectivity index (χ3v) is 6.14. The maximum atomic E-state index is 12.6. The van der Waals surface area contributed by atoms with Crippen LogP contribution in [0.4, 0.5) is 11.5 Å². The smallest absolute Gasteiger partial charge is 0.312 e. The number of aryl methyl sites for hydroxylation is 2. The van der Waals surface area contributed by atoms with Crippen LogP contribution in [0.3, 0.4) is 0 Å². The number of anilines is 1. The summed E-state index contributed by atoms with van der Waals surface area (Å²) in [6, 6.07) is 16.0. The Kier molecular flexibility index (Phi) is 6.43. The molecule has 0 bridgehead atoms. The molecule has 1 heterocycles. The molecule has 30 heavy (non-hydrogen) atoms. The number of nitrogens with zero attached hydrogens (tertiary/aromatic N) is 2. The van der Waals surface area contributed by atoms with Crippen LogP contribution in [0.25, 0.3) is 0 Å². The van der Waals surface area contributed by atoms with Crippen molar-refractivity contribution < 1.29 is 13.3 Å². The zero-order valence-corrected chi connectivity index (χ0v) is 17.4. The van der Waals surface area contributed by atoms with E-state index in [4.69, 9.17) is 0 Å². The van der Waals surface area contributed by atoms with Gasteiger partial charge in [-0.1, -0.05) is 48.5 Å². The van der Waals surface area contributed by atoms with Crippen molar-refractivity contribution >= 4 is 21.5 Å². The molecule has 8 nitrogen and oxygen atoms in total. The van der Waals surface area contributed by atoms with E-state index in [0.29, 0.717) is 6.54 Å². The maximum Gasteiger partial charge on any atom is 0.312 e. The molecule has 0 unspecified atom stereocenters. The van der Waals surface area contributed by atoms with Gasteiger partial charge in [0.15, 0.2) is 0 Å². The molecular weight excluding hydrogens is 404 g/mol. The predicted octanol–water partition coefficient (Wildman–Crippen LogP) is 3.70. The fraction of sp³-hybridized carbons (Fsp3) is 0.190. The lowest BCUT2D eigenvalue weighted by molar-refractivity contribution is -0.384. The average Bonchev–Trinajstić information content (AvgIpc) is 2.72. The van der Waals surface area contributed by atoms with E-state index in [0.717, 1.165) is 34.5 Å². The Morgan fingerprint density at radius 1 is 0.967 bits per heavy atom. The molecule has 3 rings (SSSR count). The van der Waals surface area contributed by atoms with Gasteiger partial charge in [-0.2, -0.15) is 0 Å². The van der Waals surface area contributed by atoms with Gasteiger partial charge in [-0.3, -0.25) is 10.1 Å². The predicted molar refractivity (Wildman–Crippen MR) is 115 cm³/mol. The Morgan fingerprint density at radius 3 is 2.10 bits per heavy atom. The summed E-state index contributed by atoms with van der Waals surface area (Å²) >= 11 is 0. The molecule has 0 aliphatic heterocycles. The van der Waals surface area contributed by atoms with Crippen LogP contribution < -0.4 is 10.0 Å². The molecule has 156 valence electrons. The van der Waals surface area contributed by atoms with Crippen LogP contribution in [0.5, 0.6) is 0 Å². The maximum absolute atomic E-state index is 12.6. The molecule has 2 N–H and O–H groups in total. The van der Waals surface area contributed by atoms with Crippen LogP contribution >= 0.6 is 0 Å². The first-order chi connectivity index (χ1) is 14.3. The molecule has 9 heteroatoms. The number of nitrogens with one attached hydrogen (secondary N) is 2. The zero-order chi connectivity index (χ0) is 21.7. The summed E-state index contributed by atoms with van der Waals surface area (Å²) in [4.78, 5) is 14.6. The second-order valence-electron chi connectivity index (χ2n) is 6.83. The van der Waals surface area contributed by atoms with Gasteiger partial charge in [-0.25, -0.2) is 18.1 Å². The lowest BCUT2D eigenvalue weighted by atomic mass is 10.1. The number of benzene rings is 2. The molecule has 0 fully saturated rings. The van der Waals surface area contributed by atoms with Gasteiger partial charge in [-0.15, -0.1) is 0 Å². The van der Waals surface area contributed by atoms with Gasteiger partial charge >= 0.3 is 5.69 Å². The van der Waals surface area contributed by atoms with Crippen LogP contribution in [0.15, 0.2) is 65.7 Å². The van der Waals surface area contributed by atoms with Gasteiger partial charge in [0, 0.05) is 25.4 Å². The summed E-state index contributed by atoms with van der Waals surface area (Å²) in [5.74, 6) is 0.0149. The van der Waals surface area contributed by atoms with Gasteiger partial charge in [-0.05, 0) is 36.1 Å². The van der Waals surface area contributed by atoms with E-state index in [-0.39, 0.29) is 17.3 Å². The summed E-state index contributed by atoms with van der Waals surface area (Å²) in [5.41, 5.74) is 3.36. The third kappa shape index (κ3) is 5.00. The molecule has 0 saturated heterocycles. The summed E-state index contributed by atoms with van der Waals surface area (Å²) in [6.07, 6.45) is 1.12. The van der Waals surface area contributed by atoms with Crippen LogP contribution in [0, 0.1) is 24.0 Å². The molecule has 0 atom stereocenters. The highest BCUT2D eigenvalue weighted by atomic mass is 32.2. The van der Waals surface area contributed by atoms with E-state index < -0.39 is 20.6 Å². The largest absolute Gasteiger partial charge is 0.360 e. The van der Waals surface area contributed by atoms with E-state index in [1.807, 2.05) is 62.4 Å². The lowest BCUT2D eigenvalue weighted by Crippen LogP contribution is -2.24. The lowest BCUT2D eigenvalue weighted by Gasteiger charge is -2.11. The van der Waals surface area contributed by atoms with Gasteiger partial charge < -0.3 is 5.32 Å². The monoisotopic (exact) mass is 426 g/mol. The van der Waals surface area contributed by atoms with Crippen molar-refractivity contribution in [3.8, 4) is 0 Å². The first kappa shape index (κ1) is 21.4. The van der Waals surface area contributed by atoms with E-state index >= 15 is 0 Å². The SMILES string of the molecule is Cc1ccccc1CNc1ncc(S(=O)(=O)NCc2ccccc2C)cc1[N+](=O)[O-]. The Morgan fingerprint density at radius 2 is 1.53 bits per heavy atom. The minimum atomic E-state index is -3.97. The number of sulfonamides is 1. The Hall–Kier alpha value is -3.30. The van der Waals surface area contributed by atoms with Gasteiger partial charge in [0.25, 0.3) is 0 Å².